The summed E-state index contributed by atoms with van der Waals surface area (Å²) >= 11 is 0. The van der Waals surface area contributed by atoms with E-state index >= 15 is 0 Å². The molecule has 1 heterocycles. The number of hydrogen-bond donors (Lipinski definition) is 0. The van der Waals surface area contributed by atoms with E-state index in [1.165, 1.54) is 6.20 Å². The van der Waals surface area contributed by atoms with Gasteiger partial charge in [0.25, 0.3) is 0 Å². The van der Waals surface area contributed by atoms with Crippen LogP contribution in [0.3, 0.4) is 0 Å². The molecule has 4 nitrogen and oxygen atoms in total. The zero-order chi connectivity index (χ0) is 10.4. The van der Waals surface area contributed by atoms with E-state index in [1.54, 1.807) is 5.01 Å². The molecule has 0 aliphatic carbocycles. The van der Waals surface area contributed by atoms with Crippen molar-refractivity contribution in [3.63, 3.8) is 0 Å². The van der Waals surface area contributed by atoms with Crippen molar-refractivity contribution < 1.29 is 4.74 Å². The van der Waals surface area contributed by atoms with E-state index in [9.17, 15) is 0 Å². The predicted octanol–water partition coefficient (Wildman–Crippen LogP) is 1.99. The second-order valence-electron chi connectivity index (χ2n) is 3.17. The topological polar surface area (TPSA) is 37.2 Å². The Bertz CT molecular complexity index is 232. The van der Waals surface area contributed by atoms with E-state index in [-0.39, 0.29) is 6.23 Å². The van der Waals surface area contributed by atoms with Gasteiger partial charge in [0.1, 0.15) is 5.84 Å². The summed E-state index contributed by atoms with van der Waals surface area (Å²) in [7, 11) is 0. The second-order valence-corrected chi connectivity index (χ2v) is 3.17. The monoisotopic (exact) mass is 195 g/mol. The fourth-order valence-corrected chi connectivity index (χ4v) is 1.51. The molecule has 0 saturated carbocycles. The molecule has 0 spiro atoms. The molecule has 4 heteroatoms. The maximum Gasteiger partial charge on any atom is 0.152 e. The molecule has 1 aliphatic rings. The summed E-state index contributed by atoms with van der Waals surface area (Å²) in [5.74, 6) is 0.766. The first-order chi connectivity index (χ1) is 6.79. The summed E-state index contributed by atoms with van der Waals surface area (Å²) in [5.41, 5.74) is 0. The SMILES string of the molecule is C=C/N=C(\C)N(N=C)C1CCCCO1. The van der Waals surface area contributed by atoms with Crippen molar-refractivity contribution in [2.24, 2.45) is 10.1 Å². The standard InChI is InChI=1S/C10H17N3O/c1-4-12-9(2)13(11-3)10-7-5-6-8-14-10/h4,10H,1,3,5-8H2,2H3/b12-9+. The summed E-state index contributed by atoms with van der Waals surface area (Å²) < 4.78 is 5.58. The molecule has 1 atom stereocenters. The highest BCUT2D eigenvalue weighted by Gasteiger charge is 2.21. The lowest BCUT2D eigenvalue weighted by atomic mass is 10.2. The van der Waals surface area contributed by atoms with Crippen LogP contribution in [0.25, 0.3) is 0 Å². The van der Waals surface area contributed by atoms with Crippen LogP contribution in [0, 0.1) is 0 Å². The number of nitrogens with zero attached hydrogens (tertiary/aromatic N) is 3. The zero-order valence-electron chi connectivity index (χ0n) is 8.65. The lowest BCUT2D eigenvalue weighted by Gasteiger charge is -2.30. The molecule has 1 unspecified atom stereocenters. The summed E-state index contributed by atoms with van der Waals surface area (Å²) in [6.07, 6.45) is 4.75. The number of rotatable bonds is 3. The van der Waals surface area contributed by atoms with Crippen LogP contribution in [-0.2, 0) is 4.74 Å². The van der Waals surface area contributed by atoms with Crippen LogP contribution in [0.2, 0.25) is 0 Å². The van der Waals surface area contributed by atoms with Gasteiger partial charge >= 0.3 is 0 Å². The van der Waals surface area contributed by atoms with E-state index < -0.39 is 0 Å². The Hall–Kier alpha value is -1.16. The highest BCUT2D eigenvalue weighted by atomic mass is 16.5. The first kappa shape index (κ1) is 10.9. The van der Waals surface area contributed by atoms with Crippen molar-refractivity contribution >= 4 is 12.6 Å². The average Bonchev–Trinajstić information content (AvgIpc) is 2.21. The van der Waals surface area contributed by atoms with Crippen LogP contribution >= 0.6 is 0 Å². The number of ether oxygens (including phenoxy) is 1. The minimum Gasteiger partial charge on any atom is -0.356 e. The van der Waals surface area contributed by atoms with Gasteiger partial charge in [0.15, 0.2) is 6.23 Å². The van der Waals surface area contributed by atoms with E-state index in [4.69, 9.17) is 4.74 Å². The first-order valence-electron chi connectivity index (χ1n) is 4.82. The molecule has 0 bridgehead atoms. The van der Waals surface area contributed by atoms with Crippen LogP contribution in [0.1, 0.15) is 26.2 Å². The number of amidine groups is 1. The molecule has 1 fully saturated rings. The summed E-state index contributed by atoms with van der Waals surface area (Å²) in [6, 6.07) is 0. The van der Waals surface area contributed by atoms with Crippen LogP contribution in [0.15, 0.2) is 22.9 Å². The van der Waals surface area contributed by atoms with Gasteiger partial charge in [-0.25, -0.2) is 10.0 Å². The summed E-state index contributed by atoms with van der Waals surface area (Å²) in [6.45, 7) is 9.72. The molecule has 0 radical (unpaired) electrons. The van der Waals surface area contributed by atoms with Crippen molar-refractivity contribution in [1.29, 1.82) is 0 Å². The van der Waals surface area contributed by atoms with Gasteiger partial charge in [0.2, 0.25) is 0 Å². The zero-order valence-corrected chi connectivity index (χ0v) is 8.65. The van der Waals surface area contributed by atoms with E-state index in [2.05, 4.69) is 23.4 Å². The molecule has 1 aliphatic heterocycles. The second kappa shape index (κ2) is 5.54. The molecule has 14 heavy (non-hydrogen) atoms. The van der Waals surface area contributed by atoms with Gasteiger partial charge in [-0.05, 0) is 26.2 Å². The first-order valence-corrected chi connectivity index (χ1v) is 4.82. The molecular formula is C10H17N3O. The van der Waals surface area contributed by atoms with Crippen molar-refractivity contribution in [2.75, 3.05) is 6.61 Å². The quantitative estimate of drug-likeness (QED) is 0.392. The fraction of sp³-hybridized carbons (Fsp3) is 0.600. The lowest BCUT2D eigenvalue weighted by molar-refractivity contribution is -0.0553. The van der Waals surface area contributed by atoms with E-state index in [0.29, 0.717) is 0 Å². The maximum absolute atomic E-state index is 5.58. The summed E-state index contributed by atoms with van der Waals surface area (Å²) in [4.78, 5) is 4.06. The normalized spacial score (nSPS) is 22.9. The van der Waals surface area contributed by atoms with Crippen LogP contribution in [0.5, 0.6) is 0 Å². The maximum atomic E-state index is 5.58. The van der Waals surface area contributed by atoms with Crippen molar-refractivity contribution in [3.05, 3.63) is 12.8 Å². The minimum absolute atomic E-state index is 0.00931. The fourth-order valence-electron chi connectivity index (χ4n) is 1.51. The molecule has 78 valence electrons. The Morgan fingerprint density at radius 2 is 2.36 bits per heavy atom. The minimum atomic E-state index is -0.00931. The predicted molar refractivity (Wildman–Crippen MR) is 58.3 cm³/mol. The highest BCUT2D eigenvalue weighted by molar-refractivity contribution is 5.80. The average molecular weight is 195 g/mol. The van der Waals surface area contributed by atoms with E-state index in [1.807, 2.05) is 6.92 Å². The Morgan fingerprint density at radius 1 is 1.57 bits per heavy atom. The van der Waals surface area contributed by atoms with Gasteiger partial charge in [0.05, 0.1) is 0 Å². The van der Waals surface area contributed by atoms with E-state index in [0.717, 1.165) is 31.7 Å². The third kappa shape index (κ3) is 2.67. The Morgan fingerprint density at radius 3 is 2.86 bits per heavy atom. The number of aliphatic imine (C=N–C) groups is 1. The summed E-state index contributed by atoms with van der Waals surface area (Å²) in [5, 5.41) is 5.62. The third-order valence-electron chi connectivity index (χ3n) is 2.19. The van der Waals surface area contributed by atoms with Gasteiger partial charge in [-0.15, -0.1) is 0 Å². The largest absolute Gasteiger partial charge is 0.356 e. The molecule has 0 amide bonds. The molecule has 0 aromatic carbocycles. The van der Waals surface area contributed by atoms with Gasteiger partial charge in [-0.2, -0.15) is 5.10 Å². The molecule has 1 rings (SSSR count). The van der Waals surface area contributed by atoms with Gasteiger partial charge in [-0.1, -0.05) is 6.58 Å². The molecular weight excluding hydrogens is 178 g/mol. The van der Waals surface area contributed by atoms with Crippen LogP contribution < -0.4 is 0 Å². The molecule has 0 N–H and O–H groups in total. The van der Waals surface area contributed by atoms with Crippen LogP contribution in [0.4, 0.5) is 0 Å². The highest BCUT2D eigenvalue weighted by Crippen LogP contribution is 2.17. The molecule has 0 aromatic heterocycles. The number of hydrogen-bond acceptors (Lipinski definition) is 3. The smallest absolute Gasteiger partial charge is 0.152 e. The van der Waals surface area contributed by atoms with Crippen molar-refractivity contribution in [3.8, 4) is 0 Å². The van der Waals surface area contributed by atoms with Crippen molar-refractivity contribution in [1.82, 2.24) is 5.01 Å². The lowest BCUT2D eigenvalue weighted by Crippen LogP contribution is -2.38. The van der Waals surface area contributed by atoms with Gasteiger partial charge in [0, 0.05) is 19.5 Å². The molecule has 0 aromatic rings. The molecule has 1 saturated heterocycles. The van der Waals surface area contributed by atoms with Crippen molar-refractivity contribution in [2.45, 2.75) is 32.4 Å². The Balaban J connectivity index is 2.64. The third-order valence-corrected chi connectivity index (χ3v) is 2.19. The van der Waals surface area contributed by atoms with Gasteiger partial charge < -0.3 is 4.74 Å². The van der Waals surface area contributed by atoms with Crippen LogP contribution in [-0.4, -0.2) is 30.4 Å². The Labute approximate surface area is 85.0 Å². The Kier molecular flexibility index (Phi) is 4.32. The number of hydrazone groups is 1. The van der Waals surface area contributed by atoms with Gasteiger partial charge in [-0.3, -0.25) is 0 Å².